The molecule has 0 spiro atoms. The fourth-order valence-electron chi connectivity index (χ4n) is 4.06. The molecule has 3 N–H and O–H groups in total. The standard InChI is InChI=1S/C16H23NO.C13H20O5S/c1-2-3-4-5-7-14-9-11-15(12-10-14)17-13-6-8-16(17)18;1-2-3-9-4-5-12(19-9)13(17)18-8-11(16)10(15)6-7-14/h9-12H,2-8,13H2,1H3;4-5,10-11,14-16H,2-3,6-8H2,1H3. The van der Waals surface area contributed by atoms with E-state index in [2.05, 4.69) is 38.1 Å². The van der Waals surface area contributed by atoms with Crippen LogP contribution in [0.25, 0.3) is 0 Å². The predicted octanol–water partition coefficient (Wildman–Crippen LogP) is 4.90. The van der Waals surface area contributed by atoms with E-state index in [1.807, 2.05) is 11.0 Å². The number of esters is 1. The number of carbonyl (C=O) groups is 2. The van der Waals surface area contributed by atoms with Crippen molar-refractivity contribution in [3.63, 3.8) is 0 Å². The van der Waals surface area contributed by atoms with E-state index in [0.717, 1.165) is 42.8 Å². The molecule has 37 heavy (non-hydrogen) atoms. The quantitative estimate of drug-likeness (QED) is 0.236. The number of rotatable bonds is 14. The van der Waals surface area contributed by atoms with E-state index in [4.69, 9.17) is 9.84 Å². The molecule has 1 aromatic heterocycles. The smallest absolute Gasteiger partial charge is 0.348 e. The molecule has 2 aromatic rings. The lowest BCUT2D eigenvalue weighted by Gasteiger charge is -2.16. The molecule has 1 amide bonds. The van der Waals surface area contributed by atoms with E-state index in [0.29, 0.717) is 11.3 Å². The Morgan fingerprint density at radius 3 is 2.38 bits per heavy atom. The number of aryl methyl sites for hydroxylation is 2. The summed E-state index contributed by atoms with van der Waals surface area (Å²) in [5.74, 6) is -0.228. The van der Waals surface area contributed by atoms with E-state index in [1.54, 1.807) is 6.07 Å². The van der Waals surface area contributed by atoms with Crippen molar-refractivity contribution in [3.05, 3.63) is 51.7 Å². The molecule has 1 fully saturated rings. The van der Waals surface area contributed by atoms with Crippen molar-refractivity contribution < 1.29 is 29.6 Å². The van der Waals surface area contributed by atoms with E-state index in [-0.39, 0.29) is 25.5 Å². The van der Waals surface area contributed by atoms with Crippen molar-refractivity contribution in [2.45, 2.75) is 90.3 Å². The zero-order valence-electron chi connectivity index (χ0n) is 22.2. The van der Waals surface area contributed by atoms with Gasteiger partial charge in [0.15, 0.2) is 0 Å². The first-order chi connectivity index (χ1) is 17.9. The second-order valence-electron chi connectivity index (χ2n) is 9.39. The highest BCUT2D eigenvalue weighted by Gasteiger charge is 2.21. The predicted molar refractivity (Wildman–Crippen MR) is 148 cm³/mol. The summed E-state index contributed by atoms with van der Waals surface area (Å²) in [5, 5.41) is 27.5. The van der Waals surface area contributed by atoms with Gasteiger partial charge in [-0.1, -0.05) is 51.7 Å². The third-order valence-electron chi connectivity index (χ3n) is 6.25. The lowest BCUT2D eigenvalue weighted by molar-refractivity contribution is -0.117. The number of unbranched alkanes of at least 4 members (excludes halogenated alkanes) is 3. The number of aliphatic hydroxyl groups is 3. The van der Waals surface area contributed by atoms with Gasteiger partial charge in [-0.15, -0.1) is 11.3 Å². The maximum absolute atomic E-state index is 11.7. The third kappa shape index (κ3) is 10.9. The first-order valence-electron chi connectivity index (χ1n) is 13.5. The monoisotopic (exact) mass is 533 g/mol. The van der Waals surface area contributed by atoms with Gasteiger partial charge in [0.25, 0.3) is 0 Å². The average molecular weight is 534 g/mol. The number of carbonyl (C=O) groups excluding carboxylic acids is 2. The lowest BCUT2D eigenvalue weighted by atomic mass is 10.1. The van der Waals surface area contributed by atoms with Crippen LogP contribution in [0.3, 0.4) is 0 Å². The van der Waals surface area contributed by atoms with Crippen LogP contribution in [0.4, 0.5) is 5.69 Å². The molecular formula is C29H43NO6S. The van der Waals surface area contributed by atoms with Gasteiger partial charge in [-0.3, -0.25) is 4.79 Å². The summed E-state index contributed by atoms with van der Waals surface area (Å²) < 4.78 is 4.93. The molecule has 0 radical (unpaired) electrons. The fraction of sp³-hybridized carbons (Fsp3) is 0.586. The van der Waals surface area contributed by atoms with Crippen LogP contribution in [0.1, 0.15) is 85.3 Å². The van der Waals surface area contributed by atoms with Crippen LogP contribution in [0, 0.1) is 0 Å². The maximum Gasteiger partial charge on any atom is 0.348 e. The number of ether oxygens (including phenoxy) is 1. The Bertz CT molecular complexity index is 929. The summed E-state index contributed by atoms with van der Waals surface area (Å²) in [7, 11) is 0. The van der Waals surface area contributed by atoms with Crippen molar-refractivity contribution in [1.82, 2.24) is 0 Å². The number of benzene rings is 1. The van der Waals surface area contributed by atoms with Crippen molar-refractivity contribution in [2.75, 3.05) is 24.7 Å². The summed E-state index contributed by atoms with van der Waals surface area (Å²) in [6.45, 7) is 4.69. The minimum atomic E-state index is -1.17. The molecule has 2 heterocycles. The van der Waals surface area contributed by atoms with Crippen LogP contribution >= 0.6 is 11.3 Å². The van der Waals surface area contributed by atoms with Gasteiger partial charge >= 0.3 is 5.97 Å². The lowest BCUT2D eigenvalue weighted by Crippen LogP contribution is -2.32. The fourth-order valence-corrected chi connectivity index (χ4v) is 5.06. The topological polar surface area (TPSA) is 107 Å². The summed E-state index contributed by atoms with van der Waals surface area (Å²) in [6.07, 6.45) is 7.82. The summed E-state index contributed by atoms with van der Waals surface area (Å²) in [4.78, 5) is 26.8. The van der Waals surface area contributed by atoms with Crippen LogP contribution in [0.15, 0.2) is 36.4 Å². The van der Waals surface area contributed by atoms with Crippen LogP contribution in [0.2, 0.25) is 0 Å². The molecule has 3 rings (SSSR count). The second kappa shape index (κ2) is 17.3. The molecule has 1 aliphatic heterocycles. The molecule has 0 saturated carbocycles. The Morgan fingerprint density at radius 1 is 1.00 bits per heavy atom. The first-order valence-corrected chi connectivity index (χ1v) is 14.3. The van der Waals surface area contributed by atoms with Crippen molar-refractivity contribution in [3.8, 4) is 0 Å². The van der Waals surface area contributed by atoms with Gasteiger partial charge in [0.1, 0.15) is 17.6 Å². The van der Waals surface area contributed by atoms with Gasteiger partial charge < -0.3 is 25.0 Å². The average Bonchev–Trinajstić information content (AvgIpc) is 3.55. The summed E-state index contributed by atoms with van der Waals surface area (Å²) in [5.41, 5.74) is 2.45. The number of amides is 1. The highest BCUT2D eigenvalue weighted by Crippen LogP contribution is 2.22. The van der Waals surface area contributed by atoms with Gasteiger partial charge in [0, 0.05) is 30.1 Å². The van der Waals surface area contributed by atoms with Gasteiger partial charge in [-0.2, -0.15) is 0 Å². The van der Waals surface area contributed by atoms with E-state index in [1.165, 1.54) is 42.6 Å². The van der Waals surface area contributed by atoms with E-state index >= 15 is 0 Å². The number of aliphatic hydroxyl groups excluding tert-OH is 3. The number of nitrogens with zero attached hydrogens (tertiary/aromatic N) is 1. The molecule has 0 bridgehead atoms. The molecule has 206 valence electrons. The van der Waals surface area contributed by atoms with Crippen molar-refractivity contribution in [1.29, 1.82) is 0 Å². The zero-order chi connectivity index (χ0) is 27.0. The van der Waals surface area contributed by atoms with Gasteiger partial charge in [-0.25, -0.2) is 4.79 Å². The molecule has 2 atom stereocenters. The minimum absolute atomic E-state index is 0.0539. The number of hydrogen-bond acceptors (Lipinski definition) is 7. The van der Waals surface area contributed by atoms with E-state index < -0.39 is 18.2 Å². The summed E-state index contributed by atoms with van der Waals surface area (Å²) in [6, 6.07) is 12.1. The highest BCUT2D eigenvalue weighted by atomic mass is 32.1. The number of thiophene rings is 1. The largest absolute Gasteiger partial charge is 0.459 e. The van der Waals surface area contributed by atoms with Gasteiger partial charge in [-0.05, 0) is 61.9 Å². The van der Waals surface area contributed by atoms with Gasteiger partial charge in [0.05, 0.1) is 6.10 Å². The molecule has 1 saturated heterocycles. The molecule has 1 aliphatic rings. The molecule has 2 unspecified atom stereocenters. The third-order valence-corrected chi connectivity index (χ3v) is 7.38. The molecular weight excluding hydrogens is 490 g/mol. The molecule has 1 aromatic carbocycles. The van der Waals surface area contributed by atoms with E-state index in [9.17, 15) is 19.8 Å². The second-order valence-corrected chi connectivity index (χ2v) is 10.6. The SMILES string of the molecule is CCCCCCc1ccc(N2CCCC2=O)cc1.CCCc1ccc(C(=O)OCC(O)C(O)CCO)s1. The normalized spacial score (nSPS) is 14.7. The van der Waals surface area contributed by atoms with Gasteiger partial charge in [0.2, 0.25) is 5.91 Å². The Balaban J connectivity index is 0.000000260. The highest BCUT2D eigenvalue weighted by molar-refractivity contribution is 7.13. The molecule has 8 heteroatoms. The van der Waals surface area contributed by atoms with Crippen molar-refractivity contribution in [2.24, 2.45) is 0 Å². The molecule has 7 nitrogen and oxygen atoms in total. The Labute approximate surface area is 225 Å². The number of hydrogen-bond donors (Lipinski definition) is 3. The van der Waals surface area contributed by atoms with Crippen LogP contribution in [-0.2, 0) is 22.4 Å². The number of anilines is 1. The summed E-state index contributed by atoms with van der Waals surface area (Å²) >= 11 is 1.38. The minimum Gasteiger partial charge on any atom is -0.459 e. The van der Waals surface area contributed by atoms with Crippen molar-refractivity contribution >= 4 is 28.9 Å². The van der Waals surface area contributed by atoms with Crippen LogP contribution in [-0.4, -0.2) is 59.2 Å². The van der Waals surface area contributed by atoms with Crippen LogP contribution < -0.4 is 4.90 Å². The Morgan fingerprint density at radius 2 is 1.76 bits per heavy atom. The molecule has 0 aliphatic carbocycles. The van der Waals surface area contributed by atoms with Crippen LogP contribution in [0.5, 0.6) is 0 Å². The Kier molecular flexibility index (Phi) is 14.5. The zero-order valence-corrected chi connectivity index (χ0v) is 23.0. The maximum atomic E-state index is 11.7. The first kappa shape index (κ1) is 31.0. The Hall–Kier alpha value is -2.26.